The van der Waals surface area contributed by atoms with Crippen molar-refractivity contribution in [3.63, 3.8) is 0 Å². The summed E-state index contributed by atoms with van der Waals surface area (Å²) in [7, 11) is -3.60. The van der Waals surface area contributed by atoms with Crippen molar-refractivity contribution >= 4 is 15.7 Å². The van der Waals surface area contributed by atoms with E-state index >= 15 is 0 Å². The molecule has 0 aliphatic rings. The number of nitrogens with one attached hydrogen (secondary N) is 1. The molecular formula is C15H14N2O3S. The van der Waals surface area contributed by atoms with Gasteiger partial charge >= 0.3 is 0 Å². The van der Waals surface area contributed by atoms with Gasteiger partial charge in [0.25, 0.3) is 0 Å². The first-order valence-electron chi connectivity index (χ1n) is 6.22. The molecule has 0 amide bonds. The van der Waals surface area contributed by atoms with Crippen molar-refractivity contribution in [1.82, 2.24) is 0 Å². The lowest BCUT2D eigenvalue weighted by Crippen LogP contribution is -2.15. The third kappa shape index (κ3) is 4.05. The first kappa shape index (κ1) is 15.0. The van der Waals surface area contributed by atoms with Crippen LogP contribution in [0.2, 0.25) is 0 Å². The topological polar surface area (TPSA) is 90.2 Å². The lowest BCUT2D eigenvalue weighted by atomic mass is 10.1. The van der Waals surface area contributed by atoms with E-state index in [1.165, 1.54) is 0 Å². The second-order valence-electron chi connectivity index (χ2n) is 4.49. The van der Waals surface area contributed by atoms with Crippen LogP contribution in [0.15, 0.2) is 48.5 Å². The van der Waals surface area contributed by atoms with Crippen molar-refractivity contribution in [2.75, 3.05) is 4.72 Å². The van der Waals surface area contributed by atoms with Crippen LogP contribution >= 0.6 is 0 Å². The van der Waals surface area contributed by atoms with Gasteiger partial charge in [-0.3, -0.25) is 4.72 Å². The van der Waals surface area contributed by atoms with Gasteiger partial charge in [0, 0.05) is 5.69 Å². The normalized spacial score (nSPS) is 10.9. The van der Waals surface area contributed by atoms with E-state index in [0.29, 0.717) is 22.4 Å². The quantitative estimate of drug-likeness (QED) is 0.883. The van der Waals surface area contributed by atoms with Crippen LogP contribution in [0, 0.1) is 11.3 Å². The molecule has 2 N–H and O–H groups in total. The number of sulfonamides is 1. The molecule has 0 aromatic heterocycles. The molecule has 21 heavy (non-hydrogen) atoms. The average Bonchev–Trinajstić information content (AvgIpc) is 2.47. The molecule has 2 rings (SSSR count). The lowest BCUT2D eigenvalue weighted by Gasteiger charge is -2.09. The Kier molecular flexibility index (Phi) is 4.58. The van der Waals surface area contributed by atoms with Crippen molar-refractivity contribution in [2.45, 2.75) is 12.4 Å². The number of hydrogen-bond donors (Lipinski definition) is 2. The maximum Gasteiger partial charge on any atom is 0.236 e. The third-order valence-corrected chi connectivity index (χ3v) is 4.13. The van der Waals surface area contributed by atoms with Crippen molar-refractivity contribution in [1.29, 1.82) is 5.26 Å². The van der Waals surface area contributed by atoms with Gasteiger partial charge in [-0.2, -0.15) is 5.26 Å². The Balaban J connectivity index is 2.17. The van der Waals surface area contributed by atoms with Crippen LogP contribution in [-0.2, 0) is 22.4 Å². The zero-order chi connectivity index (χ0) is 15.3. The first-order valence-corrected chi connectivity index (χ1v) is 7.87. The van der Waals surface area contributed by atoms with Gasteiger partial charge in [-0.25, -0.2) is 8.42 Å². The SMILES string of the molecule is N#Cc1ccccc1CS(=O)(=O)Nc1ccc(CO)cc1. The zero-order valence-corrected chi connectivity index (χ0v) is 12.0. The highest BCUT2D eigenvalue weighted by Crippen LogP contribution is 2.16. The van der Waals surface area contributed by atoms with Gasteiger partial charge in [0.15, 0.2) is 0 Å². The van der Waals surface area contributed by atoms with Crippen molar-refractivity contribution in [3.8, 4) is 6.07 Å². The van der Waals surface area contributed by atoms with Crippen LogP contribution in [0.25, 0.3) is 0 Å². The maximum absolute atomic E-state index is 12.1. The fourth-order valence-electron chi connectivity index (χ4n) is 1.85. The van der Waals surface area contributed by atoms with Crippen LogP contribution in [0.3, 0.4) is 0 Å². The van der Waals surface area contributed by atoms with Crippen LogP contribution in [0.4, 0.5) is 5.69 Å². The summed E-state index contributed by atoms with van der Waals surface area (Å²) in [4.78, 5) is 0. The van der Waals surface area contributed by atoms with Crippen LogP contribution in [0.5, 0.6) is 0 Å². The van der Waals surface area contributed by atoms with Crippen LogP contribution < -0.4 is 4.72 Å². The van der Waals surface area contributed by atoms with Gasteiger partial charge < -0.3 is 5.11 Å². The third-order valence-electron chi connectivity index (χ3n) is 2.89. The summed E-state index contributed by atoms with van der Waals surface area (Å²) in [5, 5.41) is 17.9. The van der Waals surface area contributed by atoms with Crippen molar-refractivity contribution < 1.29 is 13.5 Å². The highest BCUT2D eigenvalue weighted by atomic mass is 32.2. The Labute approximate surface area is 123 Å². The molecule has 0 heterocycles. The second kappa shape index (κ2) is 6.39. The van der Waals surface area contributed by atoms with Crippen LogP contribution in [-0.4, -0.2) is 13.5 Å². The van der Waals surface area contributed by atoms with E-state index in [2.05, 4.69) is 4.72 Å². The van der Waals surface area contributed by atoms with E-state index in [9.17, 15) is 8.42 Å². The zero-order valence-electron chi connectivity index (χ0n) is 11.2. The molecule has 0 spiro atoms. The molecule has 0 saturated heterocycles. The summed E-state index contributed by atoms with van der Waals surface area (Å²) in [5.74, 6) is -0.265. The van der Waals surface area contributed by atoms with Gasteiger partial charge in [0.1, 0.15) is 0 Å². The highest BCUT2D eigenvalue weighted by molar-refractivity contribution is 7.91. The predicted molar refractivity (Wildman–Crippen MR) is 79.8 cm³/mol. The summed E-state index contributed by atoms with van der Waals surface area (Å²) >= 11 is 0. The van der Waals surface area contributed by atoms with Gasteiger partial charge in [-0.1, -0.05) is 30.3 Å². The first-order chi connectivity index (χ1) is 10.0. The van der Waals surface area contributed by atoms with E-state index in [1.807, 2.05) is 6.07 Å². The average molecular weight is 302 g/mol. The summed E-state index contributed by atoms with van der Waals surface area (Å²) in [6.45, 7) is -0.0947. The molecule has 0 saturated carbocycles. The molecule has 0 aliphatic carbocycles. The molecule has 0 aliphatic heterocycles. The van der Waals surface area contributed by atoms with E-state index in [1.54, 1.807) is 48.5 Å². The van der Waals surface area contributed by atoms with Gasteiger partial charge in [-0.05, 0) is 29.3 Å². The number of nitriles is 1. The van der Waals surface area contributed by atoms with Crippen molar-refractivity contribution in [3.05, 3.63) is 65.2 Å². The summed E-state index contributed by atoms with van der Waals surface area (Å²) < 4.78 is 26.7. The number of anilines is 1. The number of aliphatic hydroxyl groups excluding tert-OH is 1. The Morgan fingerprint density at radius 2 is 1.76 bits per heavy atom. The minimum Gasteiger partial charge on any atom is -0.392 e. The molecule has 6 heteroatoms. The Hall–Kier alpha value is -2.36. The molecule has 0 radical (unpaired) electrons. The maximum atomic E-state index is 12.1. The number of benzene rings is 2. The second-order valence-corrected chi connectivity index (χ2v) is 6.21. The number of aliphatic hydroxyl groups is 1. The number of nitrogens with zero attached hydrogens (tertiary/aromatic N) is 1. The van der Waals surface area contributed by atoms with Crippen molar-refractivity contribution in [2.24, 2.45) is 0 Å². The highest BCUT2D eigenvalue weighted by Gasteiger charge is 2.14. The summed E-state index contributed by atoms with van der Waals surface area (Å²) in [6, 6.07) is 15.0. The fraction of sp³-hybridized carbons (Fsp3) is 0.133. The predicted octanol–water partition coefficient (Wildman–Crippen LogP) is 1.99. The Bertz CT molecular complexity index is 762. The number of rotatable bonds is 5. The van der Waals surface area contributed by atoms with E-state index in [4.69, 9.17) is 10.4 Å². The minimum atomic E-state index is -3.60. The minimum absolute atomic E-state index is 0.0947. The van der Waals surface area contributed by atoms with E-state index in [0.717, 1.165) is 0 Å². The monoisotopic (exact) mass is 302 g/mol. The molecule has 5 nitrogen and oxygen atoms in total. The summed E-state index contributed by atoms with van der Waals surface area (Å²) in [5.41, 5.74) is 1.92. The lowest BCUT2D eigenvalue weighted by molar-refractivity contribution is 0.282. The Morgan fingerprint density at radius 3 is 2.38 bits per heavy atom. The molecule has 0 fully saturated rings. The molecule has 2 aromatic carbocycles. The van der Waals surface area contributed by atoms with Gasteiger partial charge in [-0.15, -0.1) is 0 Å². The summed E-state index contributed by atoms with van der Waals surface area (Å²) in [6.07, 6.45) is 0. The molecule has 108 valence electrons. The largest absolute Gasteiger partial charge is 0.392 e. The van der Waals surface area contributed by atoms with Gasteiger partial charge in [0.05, 0.1) is 24.0 Å². The van der Waals surface area contributed by atoms with E-state index in [-0.39, 0.29) is 12.4 Å². The molecule has 0 bridgehead atoms. The molecule has 0 unspecified atom stereocenters. The molecule has 2 aromatic rings. The Morgan fingerprint density at radius 1 is 1.10 bits per heavy atom. The smallest absolute Gasteiger partial charge is 0.236 e. The van der Waals surface area contributed by atoms with Gasteiger partial charge in [0.2, 0.25) is 10.0 Å². The molecule has 0 atom stereocenters. The van der Waals surface area contributed by atoms with Crippen LogP contribution in [0.1, 0.15) is 16.7 Å². The fourth-order valence-corrected chi connectivity index (χ4v) is 3.08. The number of hydrogen-bond acceptors (Lipinski definition) is 4. The standard InChI is InChI=1S/C15H14N2O3S/c16-9-13-3-1-2-4-14(13)11-21(19,20)17-15-7-5-12(10-18)6-8-15/h1-8,17-18H,10-11H2. The van der Waals surface area contributed by atoms with E-state index < -0.39 is 10.0 Å². The molecular weight excluding hydrogens is 288 g/mol.